The van der Waals surface area contributed by atoms with Gasteiger partial charge in [0.2, 0.25) is 29.1 Å². The van der Waals surface area contributed by atoms with E-state index >= 15 is 0 Å². The molecule has 6 nitrogen and oxygen atoms in total. The molecule has 0 saturated carbocycles. The maximum absolute atomic E-state index is 13.7. The molecule has 1 aromatic heterocycles. The first kappa shape index (κ1) is 24.6. The average Bonchev–Trinajstić information content (AvgIpc) is 3.06. The number of halogens is 5. The fourth-order valence-corrected chi connectivity index (χ4v) is 3.94. The Labute approximate surface area is 198 Å². The number of hydrogen-bond acceptors (Lipinski definition) is 5. The van der Waals surface area contributed by atoms with Gasteiger partial charge in [-0.3, -0.25) is 4.79 Å². The summed E-state index contributed by atoms with van der Waals surface area (Å²) >= 11 is 0. The number of rotatable bonds is 5. The van der Waals surface area contributed by atoms with Crippen LogP contribution in [0.5, 0.6) is 5.75 Å². The molecule has 1 saturated heterocycles. The smallest absolute Gasteiger partial charge is 0.262 e. The Hall–Kier alpha value is -3.47. The molecule has 0 spiro atoms. The summed E-state index contributed by atoms with van der Waals surface area (Å²) < 4.78 is 71.8. The van der Waals surface area contributed by atoms with E-state index in [9.17, 15) is 26.7 Å². The second-order valence-electron chi connectivity index (χ2n) is 8.41. The fraction of sp³-hybridized carbons (Fsp3) is 0.333. The first-order valence-electron chi connectivity index (χ1n) is 10.9. The number of pyridine rings is 1. The molecule has 0 atom stereocenters. The zero-order chi connectivity index (χ0) is 25.3. The van der Waals surface area contributed by atoms with Crippen LogP contribution in [0.2, 0.25) is 0 Å². The SMILES string of the molecule is Cc1cc(N2CCCN(C)CC2)nc2ccc(NC(=O)COc3c(F)c(F)c(F)c(F)c3F)cc12. The zero-order valence-corrected chi connectivity index (χ0v) is 19.1. The van der Waals surface area contributed by atoms with Gasteiger partial charge in [-0.05, 0) is 56.8 Å². The molecule has 0 radical (unpaired) electrons. The number of ether oxygens (including phenoxy) is 1. The Bertz CT molecular complexity index is 1260. The van der Waals surface area contributed by atoms with Crippen LogP contribution in [-0.4, -0.2) is 55.6 Å². The van der Waals surface area contributed by atoms with Crippen LogP contribution >= 0.6 is 0 Å². The second-order valence-corrected chi connectivity index (χ2v) is 8.41. The number of nitrogens with one attached hydrogen (secondary N) is 1. The first-order valence-corrected chi connectivity index (χ1v) is 10.9. The third kappa shape index (κ3) is 5.14. The van der Waals surface area contributed by atoms with Crippen molar-refractivity contribution in [3.05, 3.63) is 58.9 Å². The zero-order valence-electron chi connectivity index (χ0n) is 19.1. The summed E-state index contributed by atoms with van der Waals surface area (Å²) in [6.07, 6.45) is 1.04. The Morgan fingerprint density at radius 1 is 0.971 bits per heavy atom. The van der Waals surface area contributed by atoms with E-state index in [1.807, 2.05) is 13.0 Å². The Balaban J connectivity index is 1.47. The molecule has 0 aliphatic carbocycles. The molecule has 35 heavy (non-hydrogen) atoms. The van der Waals surface area contributed by atoms with Crippen molar-refractivity contribution in [3.8, 4) is 5.75 Å². The van der Waals surface area contributed by atoms with Gasteiger partial charge in [0.15, 0.2) is 12.4 Å². The van der Waals surface area contributed by atoms with E-state index in [0.29, 0.717) is 5.69 Å². The van der Waals surface area contributed by atoms with Crippen molar-refractivity contribution < 1.29 is 31.5 Å². The summed E-state index contributed by atoms with van der Waals surface area (Å²) in [7, 11) is 2.09. The number of benzene rings is 2. The second kappa shape index (κ2) is 10.0. The minimum Gasteiger partial charge on any atom is -0.477 e. The molecule has 4 rings (SSSR count). The molecule has 2 heterocycles. The van der Waals surface area contributed by atoms with E-state index in [-0.39, 0.29) is 0 Å². The van der Waals surface area contributed by atoms with Crippen LogP contribution in [0.1, 0.15) is 12.0 Å². The Kier molecular flexibility index (Phi) is 7.06. The van der Waals surface area contributed by atoms with Crippen LogP contribution < -0.4 is 15.0 Å². The number of likely N-dealkylation sites (N-methyl/N-ethyl adjacent to an activating group) is 1. The lowest BCUT2D eigenvalue weighted by atomic mass is 10.1. The van der Waals surface area contributed by atoms with Gasteiger partial charge in [0, 0.05) is 30.7 Å². The average molecular weight is 494 g/mol. The maximum atomic E-state index is 13.7. The first-order chi connectivity index (χ1) is 16.7. The highest BCUT2D eigenvalue weighted by molar-refractivity contribution is 5.95. The molecule has 1 fully saturated rings. The Morgan fingerprint density at radius 3 is 2.37 bits per heavy atom. The van der Waals surface area contributed by atoms with Crippen LogP contribution in [0, 0.1) is 36.0 Å². The number of nitrogens with zero attached hydrogens (tertiary/aromatic N) is 3. The molecule has 1 N–H and O–H groups in total. The van der Waals surface area contributed by atoms with Crippen molar-refractivity contribution in [1.29, 1.82) is 0 Å². The number of hydrogen-bond donors (Lipinski definition) is 1. The van der Waals surface area contributed by atoms with E-state index in [1.54, 1.807) is 18.2 Å². The van der Waals surface area contributed by atoms with Crippen molar-refractivity contribution in [2.24, 2.45) is 0 Å². The van der Waals surface area contributed by atoms with Gasteiger partial charge in [-0.2, -0.15) is 8.78 Å². The molecule has 3 aromatic rings. The number of carbonyl (C=O) groups excluding carboxylic acids is 1. The van der Waals surface area contributed by atoms with Gasteiger partial charge in [0.05, 0.1) is 5.52 Å². The topological polar surface area (TPSA) is 57.7 Å². The summed E-state index contributed by atoms with van der Waals surface area (Å²) in [4.78, 5) is 21.5. The quantitative estimate of drug-likeness (QED) is 0.324. The highest BCUT2D eigenvalue weighted by Crippen LogP contribution is 2.29. The molecule has 1 aliphatic rings. The highest BCUT2D eigenvalue weighted by Gasteiger charge is 2.27. The third-order valence-electron chi connectivity index (χ3n) is 5.85. The predicted molar refractivity (Wildman–Crippen MR) is 121 cm³/mol. The molecule has 1 aliphatic heterocycles. The van der Waals surface area contributed by atoms with E-state index in [0.717, 1.165) is 54.9 Å². The van der Waals surface area contributed by atoms with Crippen molar-refractivity contribution in [1.82, 2.24) is 9.88 Å². The van der Waals surface area contributed by atoms with Gasteiger partial charge < -0.3 is 19.9 Å². The molecule has 11 heteroatoms. The summed E-state index contributed by atoms with van der Waals surface area (Å²) in [5.41, 5.74) is 2.03. The van der Waals surface area contributed by atoms with Gasteiger partial charge in [0.1, 0.15) is 5.82 Å². The lowest BCUT2D eigenvalue weighted by Gasteiger charge is -2.22. The monoisotopic (exact) mass is 494 g/mol. The normalized spacial score (nSPS) is 14.8. The lowest BCUT2D eigenvalue weighted by molar-refractivity contribution is -0.118. The summed E-state index contributed by atoms with van der Waals surface area (Å²) in [6.45, 7) is 4.70. The molecule has 1 amide bonds. The third-order valence-corrected chi connectivity index (χ3v) is 5.85. The molecular weight excluding hydrogens is 471 g/mol. The van der Waals surface area contributed by atoms with Crippen LogP contribution in [0.15, 0.2) is 24.3 Å². The number of aryl methyl sites for hydroxylation is 1. The lowest BCUT2D eigenvalue weighted by Crippen LogP contribution is -2.29. The largest absolute Gasteiger partial charge is 0.477 e. The predicted octanol–water partition coefficient (Wildman–Crippen LogP) is 4.40. The number of aromatic nitrogens is 1. The number of anilines is 2. The highest BCUT2D eigenvalue weighted by atomic mass is 19.2. The molecule has 0 bridgehead atoms. The minimum atomic E-state index is -2.30. The standard InChI is InChI=1S/C24H23F5N4O2/c1-13-10-17(33-7-3-6-32(2)8-9-33)31-16-5-4-14(11-15(13)16)30-18(34)12-35-24-22(28)20(26)19(25)21(27)23(24)29/h4-5,10-11H,3,6-9,12H2,1-2H3,(H,30,34). The van der Waals surface area contributed by atoms with E-state index in [1.165, 1.54) is 0 Å². The van der Waals surface area contributed by atoms with Crippen LogP contribution in [0.3, 0.4) is 0 Å². The van der Waals surface area contributed by atoms with E-state index in [2.05, 4.69) is 26.9 Å². The van der Waals surface area contributed by atoms with Gasteiger partial charge in [-0.25, -0.2) is 18.2 Å². The van der Waals surface area contributed by atoms with Crippen LogP contribution in [-0.2, 0) is 4.79 Å². The van der Waals surface area contributed by atoms with Gasteiger partial charge in [0.25, 0.3) is 5.91 Å². The summed E-state index contributed by atoms with van der Waals surface area (Å²) in [5, 5.41) is 3.28. The molecule has 0 unspecified atom stereocenters. The van der Waals surface area contributed by atoms with Crippen LogP contribution in [0.4, 0.5) is 33.5 Å². The maximum Gasteiger partial charge on any atom is 0.262 e. The van der Waals surface area contributed by atoms with Crippen molar-refractivity contribution in [2.45, 2.75) is 13.3 Å². The summed E-state index contributed by atoms with van der Waals surface area (Å²) in [5.74, 6) is -12.4. The Morgan fingerprint density at radius 2 is 1.66 bits per heavy atom. The van der Waals surface area contributed by atoms with Crippen molar-refractivity contribution in [3.63, 3.8) is 0 Å². The van der Waals surface area contributed by atoms with Crippen molar-refractivity contribution >= 4 is 28.3 Å². The van der Waals surface area contributed by atoms with Gasteiger partial charge in [-0.1, -0.05) is 0 Å². The van der Waals surface area contributed by atoms with E-state index in [4.69, 9.17) is 4.98 Å². The fourth-order valence-electron chi connectivity index (χ4n) is 3.94. The minimum absolute atomic E-state index is 0.359. The van der Waals surface area contributed by atoms with Gasteiger partial charge in [-0.15, -0.1) is 0 Å². The van der Waals surface area contributed by atoms with Crippen LogP contribution in [0.25, 0.3) is 10.9 Å². The number of fused-ring (bicyclic) bond motifs is 1. The molecular formula is C24H23F5N4O2. The molecule has 186 valence electrons. The van der Waals surface area contributed by atoms with Crippen molar-refractivity contribution in [2.75, 3.05) is 50.1 Å². The number of amides is 1. The van der Waals surface area contributed by atoms with E-state index < -0.39 is 47.3 Å². The molecule has 2 aromatic carbocycles. The van der Waals surface area contributed by atoms with Gasteiger partial charge >= 0.3 is 0 Å². The number of carbonyl (C=O) groups is 1. The summed E-state index contributed by atoms with van der Waals surface area (Å²) in [6, 6.07) is 7.00.